The van der Waals surface area contributed by atoms with Gasteiger partial charge in [-0.3, -0.25) is 9.59 Å². The molecule has 0 bridgehead atoms. The van der Waals surface area contributed by atoms with Crippen LogP contribution >= 0.6 is 0 Å². The molecule has 0 aliphatic carbocycles. The topological polar surface area (TPSA) is 82.1 Å². The first-order valence-corrected chi connectivity index (χ1v) is 12.4. The van der Waals surface area contributed by atoms with Crippen molar-refractivity contribution in [3.05, 3.63) is 114 Å². The van der Waals surface area contributed by atoms with Crippen molar-refractivity contribution in [2.45, 2.75) is 39.0 Å². The average molecular weight is 516 g/mol. The van der Waals surface area contributed by atoms with Crippen LogP contribution in [0.5, 0.6) is 5.75 Å². The number of rotatable bonds is 13. The highest BCUT2D eigenvalue weighted by atomic mass is 16.5. The minimum Gasteiger partial charge on any atom is -0.497 e. The third kappa shape index (κ3) is 8.34. The van der Waals surface area contributed by atoms with Gasteiger partial charge in [-0.25, -0.2) is 4.79 Å². The van der Waals surface area contributed by atoms with Crippen LogP contribution in [0.1, 0.15) is 30.0 Å². The van der Waals surface area contributed by atoms with E-state index in [0.717, 1.165) is 16.7 Å². The van der Waals surface area contributed by atoms with E-state index in [1.165, 1.54) is 4.90 Å². The molecule has 0 heterocycles. The summed E-state index contributed by atoms with van der Waals surface area (Å²) in [6, 6.07) is 25.0. The lowest BCUT2D eigenvalue weighted by atomic mass is 10.0. The van der Waals surface area contributed by atoms with Gasteiger partial charge in [0.15, 0.2) is 0 Å². The molecule has 7 nitrogen and oxygen atoms in total. The van der Waals surface area contributed by atoms with Crippen LogP contribution in [0.4, 0.5) is 0 Å². The molecule has 0 saturated carbocycles. The minimum absolute atomic E-state index is 0.0332. The Morgan fingerprint density at radius 3 is 2.00 bits per heavy atom. The van der Waals surface area contributed by atoms with Crippen molar-refractivity contribution in [2.75, 3.05) is 13.7 Å². The third-order valence-electron chi connectivity index (χ3n) is 5.88. The van der Waals surface area contributed by atoms with Crippen molar-refractivity contribution in [2.24, 2.45) is 0 Å². The lowest BCUT2D eigenvalue weighted by Gasteiger charge is -2.31. The number of methoxy groups -OCH3 is 1. The van der Waals surface area contributed by atoms with Crippen LogP contribution in [0.3, 0.4) is 0 Å². The molecule has 0 aliphatic rings. The summed E-state index contributed by atoms with van der Waals surface area (Å²) >= 11 is 0. The average Bonchev–Trinajstić information content (AvgIpc) is 2.94. The van der Waals surface area contributed by atoms with Crippen LogP contribution in [-0.2, 0) is 43.4 Å². The Hall–Kier alpha value is -4.39. The molecule has 0 aliphatic heterocycles. The van der Waals surface area contributed by atoms with Crippen molar-refractivity contribution in [3.63, 3.8) is 0 Å². The van der Waals surface area contributed by atoms with Gasteiger partial charge in [0.2, 0.25) is 0 Å². The van der Waals surface area contributed by atoms with Crippen LogP contribution < -0.4 is 4.74 Å². The zero-order valence-corrected chi connectivity index (χ0v) is 21.8. The van der Waals surface area contributed by atoms with E-state index in [-0.39, 0.29) is 38.2 Å². The van der Waals surface area contributed by atoms with Crippen molar-refractivity contribution in [3.8, 4) is 5.75 Å². The predicted octanol–water partition coefficient (Wildman–Crippen LogP) is 4.89. The summed E-state index contributed by atoms with van der Waals surface area (Å²) in [5, 5.41) is 0. The van der Waals surface area contributed by atoms with E-state index in [1.807, 2.05) is 72.8 Å². The van der Waals surface area contributed by atoms with Gasteiger partial charge in [0, 0.05) is 18.5 Å². The fourth-order valence-electron chi connectivity index (χ4n) is 3.90. The van der Waals surface area contributed by atoms with E-state index in [1.54, 1.807) is 26.2 Å². The first kappa shape index (κ1) is 28.2. The lowest BCUT2D eigenvalue weighted by molar-refractivity contribution is -0.156. The van der Waals surface area contributed by atoms with Crippen molar-refractivity contribution in [1.29, 1.82) is 0 Å². The van der Waals surface area contributed by atoms with E-state index < -0.39 is 23.9 Å². The lowest BCUT2D eigenvalue weighted by Crippen LogP contribution is -2.47. The zero-order chi connectivity index (χ0) is 27.3. The van der Waals surface area contributed by atoms with E-state index in [4.69, 9.17) is 14.2 Å². The van der Waals surface area contributed by atoms with E-state index in [9.17, 15) is 14.4 Å². The normalized spacial score (nSPS) is 11.2. The SMILES string of the molecule is C=C(CC(=O)OCC)C(=O)N(Cc1ccc(OC)cc1)[C@@H](Cc1ccccc1)C(=O)OCc1ccccc1. The molecule has 3 aromatic rings. The molecule has 38 heavy (non-hydrogen) atoms. The Morgan fingerprint density at radius 1 is 0.816 bits per heavy atom. The van der Waals surface area contributed by atoms with Gasteiger partial charge in [-0.2, -0.15) is 0 Å². The quantitative estimate of drug-likeness (QED) is 0.238. The second-order valence-electron chi connectivity index (χ2n) is 8.67. The van der Waals surface area contributed by atoms with Crippen LogP contribution in [0, 0.1) is 0 Å². The summed E-state index contributed by atoms with van der Waals surface area (Å²) in [5.74, 6) is -0.960. The monoisotopic (exact) mass is 515 g/mol. The van der Waals surface area contributed by atoms with Crippen molar-refractivity contribution >= 4 is 17.8 Å². The zero-order valence-electron chi connectivity index (χ0n) is 21.8. The number of carbonyl (C=O) groups excluding carboxylic acids is 3. The second-order valence-corrected chi connectivity index (χ2v) is 8.67. The Balaban J connectivity index is 1.93. The van der Waals surface area contributed by atoms with E-state index in [2.05, 4.69) is 6.58 Å². The number of hydrogen-bond acceptors (Lipinski definition) is 6. The number of nitrogens with zero attached hydrogens (tertiary/aromatic N) is 1. The van der Waals surface area contributed by atoms with Gasteiger partial charge in [-0.05, 0) is 35.7 Å². The smallest absolute Gasteiger partial charge is 0.329 e. The molecule has 1 atom stereocenters. The van der Waals surface area contributed by atoms with Crippen LogP contribution in [-0.4, -0.2) is 42.5 Å². The van der Waals surface area contributed by atoms with Gasteiger partial charge in [-0.1, -0.05) is 79.4 Å². The molecule has 0 spiro atoms. The summed E-state index contributed by atoms with van der Waals surface area (Å²) in [6.07, 6.45) is -0.0497. The summed E-state index contributed by atoms with van der Waals surface area (Å²) in [6.45, 7) is 5.90. The molecular weight excluding hydrogens is 482 g/mol. The Bertz CT molecular complexity index is 1210. The summed E-state index contributed by atoms with van der Waals surface area (Å²) < 4.78 is 15.9. The molecule has 0 aromatic heterocycles. The summed E-state index contributed by atoms with van der Waals surface area (Å²) in [5.41, 5.74) is 2.50. The molecule has 0 radical (unpaired) electrons. The molecule has 7 heteroatoms. The predicted molar refractivity (Wildman–Crippen MR) is 144 cm³/mol. The fourth-order valence-corrected chi connectivity index (χ4v) is 3.90. The minimum atomic E-state index is -0.963. The highest BCUT2D eigenvalue weighted by Gasteiger charge is 2.33. The van der Waals surface area contributed by atoms with Crippen LogP contribution in [0.25, 0.3) is 0 Å². The van der Waals surface area contributed by atoms with Crippen molar-refractivity contribution < 1.29 is 28.6 Å². The highest BCUT2D eigenvalue weighted by molar-refractivity contribution is 5.99. The van der Waals surface area contributed by atoms with Gasteiger partial charge < -0.3 is 19.1 Å². The summed E-state index contributed by atoms with van der Waals surface area (Å²) in [4.78, 5) is 40.8. The Morgan fingerprint density at radius 2 is 1.42 bits per heavy atom. The number of amides is 1. The van der Waals surface area contributed by atoms with Gasteiger partial charge in [0.1, 0.15) is 18.4 Å². The highest BCUT2D eigenvalue weighted by Crippen LogP contribution is 2.21. The van der Waals surface area contributed by atoms with Gasteiger partial charge in [0.25, 0.3) is 5.91 Å². The maximum Gasteiger partial charge on any atom is 0.329 e. The number of carbonyl (C=O) groups is 3. The largest absolute Gasteiger partial charge is 0.497 e. The molecular formula is C31H33NO6. The van der Waals surface area contributed by atoms with Crippen LogP contribution in [0.15, 0.2) is 97.1 Å². The van der Waals surface area contributed by atoms with E-state index in [0.29, 0.717) is 5.75 Å². The molecule has 0 N–H and O–H groups in total. The molecule has 198 valence electrons. The maximum atomic E-state index is 13.7. The third-order valence-corrected chi connectivity index (χ3v) is 5.88. The molecule has 0 unspecified atom stereocenters. The molecule has 1 amide bonds. The molecule has 3 rings (SSSR count). The maximum absolute atomic E-state index is 13.7. The first-order valence-electron chi connectivity index (χ1n) is 12.4. The number of benzene rings is 3. The Labute approximate surface area is 223 Å². The number of esters is 2. The van der Waals surface area contributed by atoms with Crippen molar-refractivity contribution in [1.82, 2.24) is 4.90 Å². The fraction of sp³-hybridized carbons (Fsp3) is 0.258. The molecule has 3 aromatic carbocycles. The number of ether oxygens (including phenoxy) is 3. The van der Waals surface area contributed by atoms with Gasteiger partial charge in [-0.15, -0.1) is 0 Å². The number of hydrogen-bond donors (Lipinski definition) is 0. The molecule has 0 fully saturated rings. The van der Waals surface area contributed by atoms with Gasteiger partial charge >= 0.3 is 11.9 Å². The van der Waals surface area contributed by atoms with Crippen LogP contribution in [0.2, 0.25) is 0 Å². The van der Waals surface area contributed by atoms with Gasteiger partial charge in [0.05, 0.1) is 20.1 Å². The Kier molecular flexibility index (Phi) is 10.7. The summed E-state index contributed by atoms with van der Waals surface area (Å²) in [7, 11) is 1.57. The van der Waals surface area contributed by atoms with E-state index >= 15 is 0 Å². The first-order chi connectivity index (χ1) is 18.4. The standard InChI is InChI=1S/C31H33NO6/c1-4-37-29(33)19-23(2)30(34)32(21-25-15-17-27(36-3)18-16-25)28(20-24-11-7-5-8-12-24)31(35)38-22-26-13-9-6-10-14-26/h5-18,28H,2,4,19-22H2,1,3H3/t28-/m0/s1. The second kappa shape index (κ2) is 14.4. The molecule has 0 saturated heterocycles.